The molecule has 0 unspecified atom stereocenters. The first kappa shape index (κ1) is 6.70. The predicted molar refractivity (Wildman–Crippen MR) is 36.1 cm³/mol. The second kappa shape index (κ2) is 2.93. The quantitative estimate of drug-likeness (QED) is 0.636. The predicted octanol–water partition coefficient (Wildman–Crippen LogP) is 0.255. The molecule has 1 aromatic rings. The van der Waals surface area contributed by atoms with Crippen molar-refractivity contribution in [3.63, 3.8) is 0 Å². The number of thiol groups is 1. The number of aromatic nitrogens is 1. The molecule has 0 saturated carbocycles. The summed E-state index contributed by atoms with van der Waals surface area (Å²) in [4.78, 5) is 4.52. The smallest absolute Gasteiger partial charge is 0.145 e. The maximum Gasteiger partial charge on any atom is 0.145 e. The molecule has 3 nitrogen and oxygen atoms in total. The van der Waals surface area contributed by atoms with Gasteiger partial charge in [0.2, 0.25) is 0 Å². The molecule has 0 bridgehead atoms. The van der Waals surface area contributed by atoms with Crippen LogP contribution in [0.3, 0.4) is 0 Å². The molecule has 1 rings (SSSR count). The van der Waals surface area contributed by atoms with E-state index in [-0.39, 0.29) is 5.75 Å². The second-order valence-corrected chi connectivity index (χ2v) is 3.41. The molecule has 0 amide bonds. The van der Waals surface area contributed by atoms with Crippen LogP contribution in [0.4, 0.5) is 0 Å². The van der Waals surface area contributed by atoms with Crippen LogP contribution in [0, 0.1) is 0 Å². The summed E-state index contributed by atoms with van der Waals surface area (Å²) in [6.07, 6.45) is 1.57. The molecule has 0 aliphatic carbocycles. The maximum atomic E-state index is 10.1. The molecule has 1 heterocycles. The monoisotopic (exact) mass is 163 g/mol. The molecule has 9 heavy (non-hydrogen) atoms. The second-order valence-electron chi connectivity index (χ2n) is 1.46. The van der Waals surface area contributed by atoms with E-state index in [1.165, 1.54) is 11.3 Å². The SMILES string of the molecule is O=[SH](=O)Cc1cncs1. The number of rotatable bonds is 2. The first-order valence-corrected chi connectivity index (χ1v) is 4.52. The average molecular weight is 163 g/mol. The zero-order chi connectivity index (χ0) is 6.69. The van der Waals surface area contributed by atoms with Crippen molar-refractivity contribution in [2.45, 2.75) is 5.75 Å². The van der Waals surface area contributed by atoms with Crippen molar-refractivity contribution in [3.8, 4) is 0 Å². The van der Waals surface area contributed by atoms with Gasteiger partial charge in [-0.1, -0.05) is 0 Å². The Morgan fingerprint density at radius 2 is 2.44 bits per heavy atom. The van der Waals surface area contributed by atoms with E-state index in [0.717, 1.165) is 4.88 Å². The Balaban J connectivity index is 2.68. The van der Waals surface area contributed by atoms with Gasteiger partial charge >= 0.3 is 0 Å². The van der Waals surface area contributed by atoms with Gasteiger partial charge in [-0.15, -0.1) is 11.3 Å². The first-order valence-electron chi connectivity index (χ1n) is 2.28. The summed E-state index contributed by atoms with van der Waals surface area (Å²) >= 11 is 1.36. The Morgan fingerprint density at radius 1 is 1.67 bits per heavy atom. The van der Waals surface area contributed by atoms with E-state index in [1.807, 2.05) is 0 Å². The Kier molecular flexibility index (Phi) is 2.18. The van der Waals surface area contributed by atoms with Gasteiger partial charge in [-0.2, -0.15) is 0 Å². The van der Waals surface area contributed by atoms with Gasteiger partial charge in [0.1, 0.15) is 10.7 Å². The fourth-order valence-corrected chi connectivity index (χ4v) is 1.78. The maximum absolute atomic E-state index is 10.1. The van der Waals surface area contributed by atoms with Crippen molar-refractivity contribution in [2.75, 3.05) is 0 Å². The fourth-order valence-electron chi connectivity index (χ4n) is 0.447. The van der Waals surface area contributed by atoms with Crippen LogP contribution in [0.25, 0.3) is 0 Å². The van der Waals surface area contributed by atoms with Crippen LogP contribution >= 0.6 is 11.3 Å². The molecule has 50 valence electrons. The van der Waals surface area contributed by atoms with Gasteiger partial charge in [0.15, 0.2) is 0 Å². The third-order valence-electron chi connectivity index (χ3n) is 0.768. The minimum Gasteiger partial charge on any atom is -0.253 e. The van der Waals surface area contributed by atoms with Crippen LogP contribution in [-0.4, -0.2) is 13.4 Å². The van der Waals surface area contributed by atoms with Gasteiger partial charge in [0.05, 0.1) is 11.3 Å². The lowest BCUT2D eigenvalue weighted by atomic mass is 10.6. The normalized spacial score (nSPS) is 10.3. The summed E-state index contributed by atoms with van der Waals surface area (Å²) in [6, 6.07) is 0. The van der Waals surface area contributed by atoms with Gasteiger partial charge in [0.25, 0.3) is 0 Å². The molecule has 0 aromatic carbocycles. The van der Waals surface area contributed by atoms with E-state index in [4.69, 9.17) is 0 Å². The molecule has 0 aliphatic heterocycles. The van der Waals surface area contributed by atoms with Gasteiger partial charge in [0, 0.05) is 11.1 Å². The summed E-state index contributed by atoms with van der Waals surface area (Å²) < 4.78 is 20.2. The molecule has 0 saturated heterocycles. The standard InChI is InChI=1S/C4H5NO2S2/c6-9(7)2-4-1-5-3-8-4/h1,3,9H,2H2. The van der Waals surface area contributed by atoms with E-state index >= 15 is 0 Å². The van der Waals surface area contributed by atoms with Crippen molar-refractivity contribution >= 4 is 22.0 Å². The lowest BCUT2D eigenvalue weighted by Gasteiger charge is -1.78. The lowest BCUT2D eigenvalue weighted by molar-refractivity contribution is 0.614. The van der Waals surface area contributed by atoms with Crippen molar-refractivity contribution in [1.82, 2.24) is 4.98 Å². The third-order valence-corrected chi connectivity index (χ3v) is 2.36. The highest BCUT2D eigenvalue weighted by Crippen LogP contribution is 2.05. The van der Waals surface area contributed by atoms with Crippen LogP contribution in [0.5, 0.6) is 0 Å². The molecule has 0 aliphatic rings. The van der Waals surface area contributed by atoms with Gasteiger partial charge in [-0.3, -0.25) is 4.98 Å². The Labute approximate surface area is 58.3 Å². The summed E-state index contributed by atoms with van der Waals surface area (Å²) in [7, 11) is -2.28. The van der Waals surface area contributed by atoms with Crippen LogP contribution < -0.4 is 0 Å². The molecule has 0 radical (unpaired) electrons. The number of thiazole rings is 1. The first-order chi connectivity index (χ1) is 4.29. The van der Waals surface area contributed by atoms with Gasteiger partial charge < -0.3 is 0 Å². The van der Waals surface area contributed by atoms with Gasteiger partial charge in [-0.25, -0.2) is 8.42 Å². The van der Waals surface area contributed by atoms with E-state index in [9.17, 15) is 8.42 Å². The molecule has 5 heteroatoms. The zero-order valence-electron chi connectivity index (χ0n) is 4.48. The molecular formula is C4H5NO2S2. The minimum absolute atomic E-state index is 0.125. The average Bonchev–Trinajstić information content (AvgIpc) is 2.15. The Bertz CT molecular complexity index is 231. The van der Waals surface area contributed by atoms with E-state index in [0.29, 0.717) is 0 Å². The largest absolute Gasteiger partial charge is 0.253 e. The number of hydrogen-bond donors (Lipinski definition) is 1. The molecule has 0 fully saturated rings. The van der Waals surface area contributed by atoms with Gasteiger partial charge in [-0.05, 0) is 0 Å². The summed E-state index contributed by atoms with van der Waals surface area (Å²) in [5.41, 5.74) is 1.62. The van der Waals surface area contributed by atoms with E-state index in [1.54, 1.807) is 11.7 Å². The number of hydrogen-bond acceptors (Lipinski definition) is 4. The van der Waals surface area contributed by atoms with Crippen LogP contribution in [0.1, 0.15) is 4.88 Å². The molecule has 1 aromatic heterocycles. The Morgan fingerprint density at radius 3 is 2.89 bits per heavy atom. The van der Waals surface area contributed by atoms with Crippen LogP contribution in [0.2, 0.25) is 0 Å². The van der Waals surface area contributed by atoms with Crippen molar-refractivity contribution in [3.05, 3.63) is 16.6 Å². The van der Waals surface area contributed by atoms with E-state index < -0.39 is 10.7 Å². The van der Waals surface area contributed by atoms with Crippen molar-refractivity contribution in [2.24, 2.45) is 0 Å². The summed E-state index contributed by atoms with van der Waals surface area (Å²) in [5.74, 6) is 0.125. The lowest BCUT2D eigenvalue weighted by Crippen LogP contribution is -1.79. The molecular weight excluding hydrogens is 158 g/mol. The topological polar surface area (TPSA) is 47.0 Å². The van der Waals surface area contributed by atoms with Crippen LogP contribution in [-0.2, 0) is 16.5 Å². The van der Waals surface area contributed by atoms with Crippen molar-refractivity contribution in [1.29, 1.82) is 0 Å². The third kappa shape index (κ3) is 2.11. The number of nitrogens with zero attached hydrogens (tertiary/aromatic N) is 1. The summed E-state index contributed by atoms with van der Waals surface area (Å²) in [6.45, 7) is 0. The highest BCUT2D eigenvalue weighted by Gasteiger charge is 1.93. The zero-order valence-corrected chi connectivity index (χ0v) is 6.19. The minimum atomic E-state index is -2.28. The Hall–Kier alpha value is -0.420. The molecule has 0 atom stereocenters. The summed E-state index contributed by atoms with van der Waals surface area (Å²) in [5, 5.41) is 0. The van der Waals surface area contributed by atoms with Crippen LogP contribution in [0.15, 0.2) is 11.7 Å². The highest BCUT2D eigenvalue weighted by atomic mass is 32.2. The highest BCUT2D eigenvalue weighted by molar-refractivity contribution is 7.71. The fraction of sp³-hybridized carbons (Fsp3) is 0.250. The van der Waals surface area contributed by atoms with Crippen molar-refractivity contribution < 1.29 is 8.42 Å². The van der Waals surface area contributed by atoms with E-state index in [2.05, 4.69) is 4.98 Å². The molecule has 0 spiro atoms. The molecule has 0 N–H and O–H groups in total.